The van der Waals surface area contributed by atoms with Crippen LogP contribution in [0, 0.1) is 5.82 Å². The van der Waals surface area contributed by atoms with Crippen molar-refractivity contribution in [2.75, 3.05) is 5.32 Å². The van der Waals surface area contributed by atoms with Crippen molar-refractivity contribution in [1.29, 1.82) is 0 Å². The summed E-state index contributed by atoms with van der Waals surface area (Å²) in [6, 6.07) is 10.9. The van der Waals surface area contributed by atoms with Gasteiger partial charge in [-0.1, -0.05) is 36.0 Å². The number of nitrogens with two attached hydrogens (primary N) is 1. The van der Waals surface area contributed by atoms with Gasteiger partial charge in [0, 0.05) is 10.6 Å². The van der Waals surface area contributed by atoms with Crippen molar-refractivity contribution >= 4 is 40.4 Å². The normalized spacial score (nSPS) is 10.2. The van der Waals surface area contributed by atoms with E-state index in [-0.39, 0.29) is 17.3 Å². The fourth-order valence-corrected chi connectivity index (χ4v) is 2.24. The van der Waals surface area contributed by atoms with Crippen LogP contribution in [0.2, 0.25) is 5.02 Å². The van der Waals surface area contributed by atoms with Crippen molar-refractivity contribution in [3.63, 3.8) is 0 Å². The molecule has 0 heterocycles. The molecule has 0 aliphatic carbocycles. The molecule has 0 atom stereocenters. The minimum Gasteiger partial charge on any atom is -0.389 e. The molecule has 6 heteroatoms. The highest BCUT2D eigenvalue weighted by Crippen LogP contribution is 2.18. The molecule has 1 amide bonds. The van der Waals surface area contributed by atoms with E-state index >= 15 is 0 Å². The van der Waals surface area contributed by atoms with Gasteiger partial charge in [-0.25, -0.2) is 4.39 Å². The van der Waals surface area contributed by atoms with Gasteiger partial charge in [0.25, 0.3) is 0 Å². The lowest BCUT2D eigenvalue weighted by molar-refractivity contribution is -0.115. The van der Waals surface area contributed by atoms with Crippen LogP contribution in [0.3, 0.4) is 0 Å². The molecule has 3 nitrogen and oxygen atoms in total. The first-order valence-corrected chi connectivity index (χ1v) is 6.88. The van der Waals surface area contributed by atoms with E-state index in [0.29, 0.717) is 16.3 Å². The number of thiocarbonyl (C=S) groups is 1. The lowest BCUT2D eigenvalue weighted by Crippen LogP contribution is -2.19. The summed E-state index contributed by atoms with van der Waals surface area (Å²) in [6.45, 7) is 0. The maximum atomic E-state index is 13.2. The summed E-state index contributed by atoms with van der Waals surface area (Å²) < 4.78 is 13.2. The average molecular weight is 323 g/mol. The maximum absolute atomic E-state index is 13.2. The van der Waals surface area contributed by atoms with Crippen LogP contribution in [0.1, 0.15) is 11.1 Å². The molecule has 3 N–H and O–H groups in total. The number of rotatable bonds is 4. The van der Waals surface area contributed by atoms with E-state index in [1.165, 1.54) is 18.2 Å². The van der Waals surface area contributed by atoms with Gasteiger partial charge in [0.1, 0.15) is 10.8 Å². The number of amides is 1. The van der Waals surface area contributed by atoms with Crippen LogP contribution in [-0.2, 0) is 11.2 Å². The third-order valence-electron chi connectivity index (χ3n) is 2.77. The Kier molecular flexibility index (Phi) is 4.88. The molecule has 0 radical (unpaired) electrons. The van der Waals surface area contributed by atoms with Crippen molar-refractivity contribution in [2.45, 2.75) is 6.42 Å². The second-order valence-electron chi connectivity index (χ2n) is 4.41. The smallest absolute Gasteiger partial charge is 0.228 e. The summed E-state index contributed by atoms with van der Waals surface area (Å²) in [6.07, 6.45) is 0.148. The predicted molar refractivity (Wildman–Crippen MR) is 86.1 cm³/mol. The predicted octanol–water partition coefficient (Wildman–Crippen LogP) is 3.29. The third kappa shape index (κ3) is 4.24. The Morgan fingerprint density at radius 1 is 1.29 bits per heavy atom. The molecule has 0 aliphatic heterocycles. The van der Waals surface area contributed by atoms with Crippen LogP contribution in [0.15, 0.2) is 42.5 Å². The maximum Gasteiger partial charge on any atom is 0.228 e. The lowest BCUT2D eigenvalue weighted by Gasteiger charge is -2.10. The monoisotopic (exact) mass is 322 g/mol. The first kappa shape index (κ1) is 15.4. The van der Waals surface area contributed by atoms with Gasteiger partial charge in [0.15, 0.2) is 0 Å². The van der Waals surface area contributed by atoms with E-state index in [4.69, 9.17) is 29.6 Å². The quantitative estimate of drug-likeness (QED) is 0.849. The lowest BCUT2D eigenvalue weighted by atomic mass is 10.1. The molecular weight excluding hydrogens is 311 g/mol. The summed E-state index contributed by atoms with van der Waals surface area (Å²) in [7, 11) is 0. The molecule has 108 valence electrons. The van der Waals surface area contributed by atoms with E-state index in [0.717, 1.165) is 5.56 Å². The molecule has 0 unspecified atom stereocenters. The zero-order valence-corrected chi connectivity index (χ0v) is 12.5. The van der Waals surface area contributed by atoms with Crippen LogP contribution in [0.4, 0.5) is 10.1 Å². The van der Waals surface area contributed by atoms with Gasteiger partial charge in [-0.3, -0.25) is 4.79 Å². The first-order valence-electron chi connectivity index (χ1n) is 6.09. The van der Waals surface area contributed by atoms with Crippen molar-refractivity contribution in [3.8, 4) is 0 Å². The Balaban J connectivity index is 2.15. The van der Waals surface area contributed by atoms with Gasteiger partial charge >= 0.3 is 0 Å². The SMILES string of the molecule is NC(=S)c1cc(F)ccc1NC(=O)Cc1cccc(Cl)c1. The molecule has 0 fully saturated rings. The van der Waals surface area contributed by atoms with Crippen molar-refractivity contribution < 1.29 is 9.18 Å². The van der Waals surface area contributed by atoms with E-state index in [1.54, 1.807) is 24.3 Å². The van der Waals surface area contributed by atoms with E-state index in [1.807, 2.05) is 0 Å². The molecule has 0 bridgehead atoms. The van der Waals surface area contributed by atoms with Crippen molar-refractivity contribution in [3.05, 3.63) is 64.4 Å². The second kappa shape index (κ2) is 6.65. The third-order valence-corrected chi connectivity index (χ3v) is 3.23. The molecule has 0 saturated carbocycles. The number of anilines is 1. The molecule has 0 aliphatic rings. The number of hydrogen-bond acceptors (Lipinski definition) is 2. The zero-order valence-electron chi connectivity index (χ0n) is 10.9. The first-order chi connectivity index (χ1) is 9.95. The summed E-state index contributed by atoms with van der Waals surface area (Å²) in [5.41, 5.74) is 6.99. The van der Waals surface area contributed by atoms with Gasteiger partial charge in [-0.15, -0.1) is 0 Å². The van der Waals surface area contributed by atoms with Crippen molar-refractivity contribution in [2.24, 2.45) is 5.73 Å². The van der Waals surface area contributed by atoms with Gasteiger partial charge in [-0.2, -0.15) is 0 Å². The Morgan fingerprint density at radius 2 is 2.05 bits per heavy atom. The molecule has 21 heavy (non-hydrogen) atoms. The van der Waals surface area contributed by atoms with E-state index in [2.05, 4.69) is 5.32 Å². The highest BCUT2D eigenvalue weighted by atomic mass is 35.5. The minimum absolute atomic E-state index is 0.0209. The zero-order chi connectivity index (χ0) is 15.4. The van der Waals surface area contributed by atoms with E-state index in [9.17, 15) is 9.18 Å². The number of hydrogen-bond donors (Lipinski definition) is 2. The van der Waals surface area contributed by atoms with Crippen LogP contribution in [0.5, 0.6) is 0 Å². The highest BCUT2D eigenvalue weighted by molar-refractivity contribution is 7.80. The molecule has 0 saturated heterocycles. The van der Waals surface area contributed by atoms with Gasteiger partial charge in [-0.05, 0) is 35.9 Å². The molecule has 0 spiro atoms. The summed E-state index contributed by atoms with van der Waals surface area (Å²) in [4.78, 5) is 12.0. The van der Waals surface area contributed by atoms with Crippen LogP contribution in [0.25, 0.3) is 0 Å². The van der Waals surface area contributed by atoms with Gasteiger partial charge in [0.05, 0.1) is 12.1 Å². The molecule has 2 aromatic carbocycles. The summed E-state index contributed by atoms with van der Waals surface area (Å²) >= 11 is 10.7. The van der Waals surface area contributed by atoms with Crippen LogP contribution < -0.4 is 11.1 Å². The summed E-state index contributed by atoms with van der Waals surface area (Å²) in [5, 5.41) is 3.23. The van der Waals surface area contributed by atoms with Gasteiger partial charge in [0.2, 0.25) is 5.91 Å². The minimum atomic E-state index is -0.467. The van der Waals surface area contributed by atoms with E-state index < -0.39 is 5.82 Å². The molecule has 2 aromatic rings. The Hall–Kier alpha value is -1.98. The number of halogens is 2. The Labute approximate surface area is 131 Å². The molecule has 0 aromatic heterocycles. The van der Waals surface area contributed by atoms with Crippen LogP contribution in [-0.4, -0.2) is 10.9 Å². The summed E-state index contributed by atoms with van der Waals surface area (Å²) in [5.74, 6) is -0.730. The topological polar surface area (TPSA) is 55.1 Å². The number of carbonyl (C=O) groups is 1. The van der Waals surface area contributed by atoms with Gasteiger partial charge < -0.3 is 11.1 Å². The second-order valence-corrected chi connectivity index (χ2v) is 5.29. The molecular formula is C15H12ClFN2OS. The standard InChI is InChI=1S/C15H12ClFN2OS/c16-10-3-1-2-9(6-10)7-14(20)19-13-5-4-11(17)8-12(13)15(18)21/h1-6,8H,7H2,(H2,18,21)(H,19,20). The fourth-order valence-electron chi connectivity index (χ4n) is 1.86. The Morgan fingerprint density at radius 3 is 2.71 bits per heavy atom. The van der Waals surface area contributed by atoms with Crippen molar-refractivity contribution in [1.82, 2.24) is 0 Å². The average Bonchev–Trinajstić information content (AvgIpc) is 2.40. The number of nitrogens with one attached hydrogen (secondary N) is 1. The molecule has 2 rings (SSSR count). The van der Waals surface area contributed by atoms with Crippen LogP contribution >= 0.6 is 23.8 Å². The fraction of sp³-hybridized carbons (Fsp3) is 0.0667. The highest BCUT2D eigenvalue weighted by Gasteiger charge is 2.11. The largest absolute Gasteiger partial charge is 0.389 e. The number of benzene rings is 2. The number of carbonyl (C=O) groups excluding carboxylic acids is 1. The Bertz CT molecular complexity index is 706.